The van der Waals surface area contributed by atoms with Crippen molar-refractivity contribution in [3.8, 4) is 0 Å². The van der Waals surface area contributed by atoms with Gasteiger partial charge in [-0.15, -0.1) is 0 Å². The number of hydrogen-bond acceptors (Lipinski definition) is 8. The summed E-state index contributed by atoms with van der Waals surface area (Å²) in [5.74, 6) is -0.447. The molecule has 1 saturated heterocycles. The number of nitrogens with two attached hydrogens (primary N) is 1. The Morgan fingerprint density at radius 3 is 2.60 bits per heavy atom. The van der Waals surface area contributed by atoms with E-state index in [0.29, 0.717) is 25.2 Å². The number of nitrogens with one attached hydrogen (secondary N) is 2. The highest BCUT2D eigenvalue weighted by Crippen LogP contribution is 2.45. The van der Waals surface area contributed by atoms with Crippen LogP contribution in [-0.2, 0) is 4.74 Å². The zero-order chi connectivity index (χ0) is 31.0. The summed E-state index contributed by atoms with van der Waals surface area (Å²) in [7, 11) is -2.51. The zero-order valence-corrected chi connectivity index (χ0v) is 28.2. The van der Waals surface area contributed by atoms with Crippen molar-refractivity contribution in [1.29, 1.82) is 0 Å². The normalized spacial score (nSPS) is 19.4. The Morgan fingerprint density at radius 1 is 1.29 bits per heavy atom. The number of nitrogens with zero attached hydrogens (tertiary/aromatic N) is 3. The number of piperidine rings is 1. The van der Waals surface area contributed by atoms with E-state index >= 15 is 0 Å². The van der Waals surface area contributed by atoms with Gasteiger partial charge in [0.15, 0.2) is 14.1 Å². The standard InChI is InChI=1S/C30H44BrFN6O3Si/c1-29(2,3)41-28(39)36-22-11-13-38(17-19(22)15-30(4,5)42(6,7)40)24-10-12-34-16-23(24)35-25(18-8-9-18)26-21(33)14-20(32)27(31)37-26/h10,12,14,16,19,22,35,40H,8-9,11,13,15,17,33H2,1-7H3,(H,36,39)/t19-,22-/m1/s1. The van der Waals surface area contributed by atoms with Gasteiger partial charge < -0.3 is 30.8 Å². The number of amides is 1. The minimum Gasteiger partial charge on any atom is -0.444 e. The van der Waals surface area contributed by atoms with Crippen LogP contribution in [0, 0.1) is 11.7 Å². The van der Waals surface area contributed by atoms with Crippen LogP contribution in [0.15, 0.2) is 34.7 Å². The highest BCUT2D eigenvalue weighted by molar-refractivity contribution is 9.10. The molecule has 1 aliphatic carbocycles. The molecule has 1 amide bonds. The average Bonchev–Trinajstić information content (AvgIpc) is 3.70. The molecule has 0 aromatic carbocycles. The average molecular weight is 664 g/mol. The lowest BCUT2D eigenvalue weighted by atomic mass is 9.84. The Labute approximate surface area is 257 Å². The van der Waals surface area contributed by atoms with Crippen LogP contribution in [0.4, 0.5) is 26.2 Å². The molecule has 0 unspecified atom stereocenters. The summed E-state index contributed by atoms with van der Waals surface area (Å²) in [5, 5.41) is 6.39. The van der Waals surface area contributed by atoms with Crippen LogP contribution in [0.1, 0.15) is 66.0 Å². The van der Waals surface area contributed by atoms with E-state index in [1.165, 1.54) is 6.07 Å². The second-order valence-corrected chi connectivity index (χ2v) is 18.8. The third-order valence-electron chi connectivity index (χ3n) is 8.32. The molecule has 1 saturated carbocycles. The summed E-state index contributed by atoms with van der Waals surface area (Å²) in [6.07, 6.45) is 6.39. The predicted octanol–water partition coefficient (Wildman–Crippen LogP) is 6.66. The molecule has 12 heteroatoms. The summed E-state index contributed by atoms with van der Waals surface area (Å²) in [6.45, 7) is 15.1. The number of carbonyl (C=O) groups excluding carboxylic acids is 1. The molecule has 2 aromatic heterocycles. The maximum Gasteiger partial charge on any atom is 0.407 e. The lowest BCUT2D eigenvalue weighted by Gasteiger charge is -2.45. The summed E-state index contributed by atoms with van der Waals surface area (Å²) in [4.78, 5) is 35.0. The summed E-state index contributed by atoms with van der Waals surface area (Å²) in [5.41, 5.74) is 10.1. The Morgan fingerprint density at radius 2 is 1.98 bits per heavy atom. The van der Waals surface area contributed by atoms with Crippen LogP contribution in [-0.4, -0.2) is 53.9 Å². The molecular formula is C30H44BrFN6O3Si. The van der Waals surface area contributed by atoms with Gasteiger partial charge in [-0.2, -0.15) is 0 Å². The lowest BCUT2D eigenvalue weighted by Crippen LogP contribution is -2.54. The Balaban J connectivity index is 1.62. The number of nitrogen functional groups attached to an aromatic ring is 1. The second kappa shape index (κ2) is 12.1. The first kappa shape index (κ1) is 32.2. The predicted molar refractivity (Wildman–Crippen MR) is 172 cm³/mol. The summed E-state index contributed by atoms with van der Waals surface area (Å²) < 4.78 is 19.8. The third kappa shape index (κ3) is 7.81. The van der Waals surface area contributed by atoms with E-state index in [1.54, 1.807) is 12.4 Å². The molecule has 230 valence electrons. The molecule has 5 N–H and O–H groups in total. The fourth-order valence-electron chi connectivity index (χ4n) is 5.21. The molecule has 2 aliphatic rings. The number of halogens is 2. The van der Waals surface area contributed by atoms with E-state index in [2.05, 4.69) is 55.3 Å². The van der Waals surface area contributed by atoms with Crippen LogP contribution >= 0.6 is 15.9 Å². The lowest BCUT2D eigenvalue weighted by molar-refractivity contribution is 0.0472. The van der Waals surface area contributed by atoms with E-state index in [4.69, 9.17) is 10.5 Å². The van der Waals surface area contributed by atoms with Crippen molar-refractivity contribution >= 4 is 53.1 Å². The number of alkyl carbamates (subject to hydrolysis) is 1. The van der Waals surface area contributed by atoms with E-state index in [1.807, 2.05) is 39.9 Å². The molecule has 2 atom stereocenters. The van der Waals surface area contributed by atoms with Gasteiger partial charge in [0, 0.05) is 31.4 Å². The minimum atomic E-state index is -2.51. The number of carbonyl (C=O) groups is 1. The molecule has 2 fully saturated rings. The number of rotatable bonds is 8. The molecule has 9 nitrogen and oxygen atoms in total. The van der Waals surface area contributed by atoms with Gasteiger partial charge in [-0.25, -0.2) is 14.2 Å². The smallest absolute Gasteiger partial charge is 0.407 e. The summed E-state index contributed by atoms with van der Waals surface area (Å²) >= 11 is 3.20. The van der Waals surface area contributed by atoms with Gasteiger partial charge in [-0.3, -0.25) is 4.98 Å². The minimum absolute atomic E-state index is 0.0628. The van der Waals surface area contributed by atoms with E-state index in [-0.39, 0.29) is 27.3 Å². The molecule has 2 aromatic rings. The van der Waals surface area contributed by atoms with Gasteiger partial charge >= 0.3 is 6.09 Å². The Bertz CT molecular complexity index is 1350. The highest BCUT2D eigenvalue weighted by atomic mass is 79.9. The monoisotopic (exact) mass is 662 g/mol. The van der Waals surface area contributed by atoms with Crippen molar-refractivity contribution in [2.75, 3.05) is 29.0 Å². The SMILES string of the molecule is CC(C)(C)OC(=O)N[C@@H]1CCN(c2ccncc2NC(=C2CC2)c2nc(Br)c(F)cc2N)C[C@H]1CC(C)(C)[Si](C)(C)O. The molecule has 3 heterocycles. The number of aromatic nitrogens is 2. The number of ether oxygens (including phenoxy) is 1. The molecule has 1 aliphatic heterocycles. The van der Waals surface area contributed by atoms with Crippen LogP contribution in [0.2, 0.25) is 18.1 Å². The van der Waals surface area contributed by atoms with Gasteiger partial charge in [0.2, 0.25) is 0 Å². The van der Waals surface area contributed by atoms with Crippen LogP contribution in [0.25, 0.3) is 5.70 Å². The fraction of sp³-hybridized carbons (Fsp3) is 0.567. The molecule has 42 heavy (non-hydrogen) atoms. The van der Waals surface area contributed by atoms with Crippen LogP contribution in [0.3, 0.4) is 0 Å². The molecule has 0 bridgehead atoms. The third-order valence-corrected chi connectivity index (χ3v) is 12.4. The maximum absolute atomic E-state index is 14.1. The zero-order valence-electron chi connectivity index (χ0n) is 25.6. The van der Waals surface area contributed by atoms with E-state index in [0.717, 1.165) is 41.9 Å². The highest BCUT2D eigenvalue weighted by Gasteiger charge is 2.43. The van der Waals surface area contributed by atoms with E-state index < -0.39 is 25.8 Å². The molecular weight excluding hydrogens is 619 g/mol. The number of pyridine rings is 2. The van der Waals surface area contributed by atoms with Gasteiger partial charge in [0.1, 0.15) is 15.9 Å². The summed E-state index contributed by atoms with van der Waals surface area (Å²) in [6, 6.07) is 3.15. The van der Waals surface area contributed by atoms with Crippen molar-refractivity contribution in [2.45, 2.75) is 90.1 Å². The van der Waals surface area contributed by atoms with Gasteiger partial charge in [0.05, 0.1) is 29.0 Å². The van der Waals surface area contributed by atoms with Crippen molar-refractivity contribution in [2.24, 2.45) is 5.92 Å². The van der Waals surface area contributed by atoms with E-state index in [9.17, 15) is 14.0 Å². The van der Waals surface area contributed by atoms with Crippen molar-refractivity contribution < 1.29 is 18.7 Å². The van der Waals surface area contributed by atoms with Crippen molar-refractivity contribution in [1.82, 2.24) is 15.3 Å². The molecule has 0 radical (unpaired) electrons. The second-order valence-electron chi connectivity index (χ2n) is 13.6. The molecule has 4 rings (SSSR count). The number of allylic oxidation sites excluding steroid dienone is 1. The molecule has 0 spiro atoms. The Hall–Kier alpha value is -2.70. The van der Waals surface area contributed by atoms with Gasteiger partial charge in [-0.1, -0.05) is 13.8 Å². The van der Waals surface area contributed by atoms with Gasteiger partial charge in [-0.05, 0) is 98.1 Å². The van der Waals surface area contributed by atoms with Crippen LogP contribution < -0.4 is 21.3 Å². The maximum atomic E-state index is 14.1. The first-order valence-electron chi connectivity index (χ1n) is 14.5. The number of hydrogen-bond donors (Lipinski definition) is 4. The quantitative estimate of drug-likeness (QED) is 0.183. The topological polar surface area (TPSA) is 126 Å². The van der Waals surface area contributed by atoms with Crippen molar-refractivity contribution in [3.63, 3.8) is 0 Å². The fourth-order valence-corrected chi connectivity index (χ4v) is 6.27. The number of anilines is 3. The Kier molecular flexibility index (Phi) is 9.30. The van der Waals surface area contributed by atoms with Gasteiger partial charge in [0.25, 0.3) is 0 Å². The first-order chi connectivity index (χ1) is 19.4. The largest absolute Gasteiger partial charge is 0.444 e. The first-order valence-corrected chi connectivity index (χ1v) is 18.2. The van der Waals surface area contributed by atoms with Crippen LogP contribution in [0.5, 0.6) is 0 Å². The van der Waals surface area contributed by atoms with Crippen molar-refractivity contribution in [3.05, 3.63) is 46.2 Å².